The van der Waals surface area contributed by atoms with Crippen LogP contribution in [-0.4, -0.2) is 25.0 Å². The maximum absolute atomic E-state index is 11.8. The van der Waals surface area contributed by atoms with E-state index in [1.807, 2.05) is 37.3 Å². The average Bonchev–Trinajstić information content (AvgIpc) is 2.94. The molecule has 0 fully saturated rings. The lowest BCUT2D eigenvalue weighted by molar-refractivity contribution is 0.0925. The highest BCUT2D eigenvalue weighted by atomic mass is 16.3. The maximum Gasteiger partial charge on any atom is 0.287 e. The van der Waals surface area contributed by atoms with Crippen molar-refractivity contribution in [2.75, 3.05) is 18.4 Å². The molecule has 1 amide bonds. The fraction of sp³-hybridized carbons (Fsp3) is 0.250. The fourth-order valence-electron chi connectivity index (χ4n) is 1.88. The first-order valence-corrected chi connectivity index (χ1v) is 7.11. The standard InChI is InChI=1S/C16H20N4O2/c1-12-8-11-22-14(12)15(21)18-9-5-10-19-16(17)20-13-6-3-2-4-7-13/h2-4,6-8,11H,5,9-10H2,1H3,(H,18,21)(H3,17,19,20). The molecular formula is C16H20N4O2. The van der Waals surface area contributed by atoms with Gasteiger partial charge in [0.2, 0.25) is 0 Å². The molecule has 0 atom stereocenters. The van der Waals surface area contributed by atoms with Crippen molar-refractivity contribution >= 4 is 17.6 Å². The van der Waals surface area contributed by atoms with Crippen LogP contribution in [0.2, 0.25) is 0 Å². The number of benzene rings is 1. The van der Waals surface area contributed by atoms with E-state index in [1.54, 1.807) is 6.07 Å². The molecule has 0 bridgehead atoms. The van der Waals surface area contributed by atoms with Gasteiger partial charge in [-0.3, -0.25) is 9.79 Å². The molecule has 4 N–H and O–H groups in total. The largest absolute Gasteiger partial charge is 0.459 e. The smallest absolute Gasteiger partial charge is 0.287 e. The lowest BCUT2D eigenvalue weighted by atomic mass is 10.2. The van der Waals surface area contributed by atoms with Gasteiger partial charge in [-0.1, -0.05) is 18.2 Å². The van der Waals surface area contributed by atoms with Crippen molar-refractivity contribution in [3.63, 3.8) is 0 Å². The van der Waals surface area contributed by atoms with Gasteiger partial charge in [0.1, 0.15) is 0 Å². The Morgan fingerprint density at radius 3 is 2.73 bits per heavy atom. The average molecular weight is 300 g/mol. The molecule has 1 heterocycles. The minimum Gasteiger partial charge on any atom is -0.459 e. The summed E-state index contributed by atoms with van der Waals surface area (Å²) in [6.07, 6.45) is 2.20. The molecule has 0 aliphatic rings. The Balaban J connectivity index is 1.67. The molecule has 116 valence electrons. The number of aryl methyl sites for hydroxylation is 1. The molecule has 0 radical (unpaired) electrons. The first-order chi connectivity index (χ1) is 10.7. The number of guanidine groups is 1. The minimum atomic E-state index is -0.207. The predicted octanol–water partition coefficient (Wildman–Crippen LogP) is 2.13. The summed E-state index contributed by atoms with van der Waals surface area (Å²) in [5.74, 6) is 0.509. The number of amides is 1. The van der Waals surface area contributed by atoms with Crippen molar-refractivity contribution in [1.29, 1.82) is 0 Å². The number of anilines is 1. The molecule has 6 heteroatoms. The number of nitrogens with one attached hydrogen (secondary N) is 2. The summed E-state index contributed by atoms with van der Waals surface area (Å²) < 4.78 is 5.12. The van der Waals surface area contributed by atoms with E-state index in [4.69, 9.17) is 10.2 Å². The van der Waals surface area contributed by atoms with Gasteiger partial charge in [-0.2, -0.15) is 0 Å². The molecule has 6 nitrogen and oxygen atoms in total. The zero-order chi connectivity index (χ0) is 15.8. The monoisotopic (exact) mass is 300 g/mol. The second-order valence-corrected chi connectivity index (χ2v) is 4.80. The Labute approximate surface area is 129 Å². The van der Waals surface area contributed by atoms with Gasteiger partial charge in [0, 0.05) is 24.3 Å². The van der Waals surface area contributed by atoms with Crippen LogP contribution in [0.4, 0.5) is 5.69 Å². The molecule has 0 saturated carbocycles. The molecule has 1 aromatic carbocycles. The van der Waals surface area contributed by atoms with Crippen LogP contribution >= 0.6 is 0 Å². The van der Waals surface area contributed by atoms with Crippen LogP contribution in [0.5, 0.6) is 0 Å². The molecule has 22 heavy (non-hydrogen) atoms. The molecule has 1 aromatic heterocycles. The first kappa shape index (κ1) is 15.6. The van der Waals surface area contributed by atoms with Gasteiger partial charge in [-0.25, -0.2) is 0 Å². The Hall–Kier alpha value is -2.76. The van der Waals surface area contributed by atoms with Crippen LogP contribution in [0.3, 0.4) is 0 Å². The number of para-hydroxylation sites is 1. The number of carbonyl (C=O) groups is 1. The van der Waals surface area contributed by atoms with Gasteiger partial charge in [0.15, 0.2) is 11.7 Å². The highest BCUT2D eigenvalue weighted by Crippen LogP contribution is 2.08. The molecule has 0 saturated heterocycles. The summed E-state index contributed by atoms with van der Waals surface area (Å²) in [5, 5.41) is 5.78. The summed E-state index contributed by atoms with van der Waals surface area (Å²) in [5.41, 5.74) is 7.50. The molecule has 0 aliphatic carbocycles. The maximum atomic E-state index is 11.8. The number of hydrogen-bond acceptors (Lipinski definition) is 3. The van der Waals surface area contributed by atoms with Crippen molar-refractivity contribution in [2.24, 2.45) is 10.7 Å². The highest BCUT2D eigenvalue weighted by molar-refractivity contribution is 5.93. The van der Waals surface area contributed by atoms with Crippen LogP contribution in [0.25, 0.3) is 0 Å². The Morgan fingerprint density at radius 1 is 1.27 bits per heavy atom. The van der Waals surface area contributed by atoms with Crippen LogP contribution in [-0.2, 0) is 0 Å². The van der Waals surface area contributed by atoms with E-state index < -0.39 is 0 Å². The lowest BCUT2D eigenvalue weighted by Gasteiger charge is -2.05. The van der Waals surface area contributed by atoms with Crippen molar-refractivity contribution in [1.82, 2.24) is 5.32 Å². The fourth-order valence-corrected chi connectivity index (χ4v) is 1.88. The van der Waals surface area contributed by atoms with Gasteiger partial charge >= 0.3 is 0 Å². The van der Waals surface area contributed by atoms with Gasteiger partial charge < -0.3 is 20.8 Å². The topological polar surface area (TPSA) is 92.7 Å². The number of carbonyl (C=O) groups excluding carboxylic acids is 1. The minimum absolute atomic E-state index is 0.207. The number of nitrogens with zero attached hydrogens (tertiary/aromatic N) is 1. The van der Waals surface area contributed by atoms with Crippen molar-refractivity contribution in [3.8, 4) is 0 Å². The summed E-state index contributed by atoms with van der Waals surface area (Å²) >= 11 is 0. The molecule has 0 aliphatic heterocycles. The summed E-state index contributed by atoms with van der Waals surface area (Å²) in [4.78, 5) is 16.0. The number of hydrogen-bond donors (Lipinski definition) is 3. The molecule has 0 unspecified atom stereocenters. The number of furan rings is 1. The summed E-state index contributed by atoms with van der Waals surface area (Å²) in [6.45, 7) is 2.88. The SMILES string of the molecule is Cc1ccoc1C(=O)NCCCN=C(N)Nc1ccccc1. The van der Waals surface area contributed by atoms with Gasteiger partial charge in [-0.15, -0.1) is 0 Å². The Bertz CT molecular complexity index is 635. The zero-order valence-corrected chi connectivity index (χ0v) is 12.5. The predicted molar refractivity (Wildman–Crippen MR) is 86.9 cm³/mol. The highest BCUT2D eigenvalue weighted by Gasteiger charge is 2.11. The van der Waals surface area contributed by atoms with Gasteiger partial charge in [0.25, 0.3) is 5.91 Å². The molecule has 0 spiro atoms. The Kier molecular flexibility index (Phi) is 5.59. The van der Waals surface area contributed by atoms with E-state index in [-0.39, 0.29) is 5.91 Å². The number of nitrogens with two attached hydrogens (primary N) is 1. The lowest BCUT2D eigenvalue weighted by Crippen LogP contribution is -2.26. The quantitative estimate of drug-likeness (QED) is 0.433. The van der Waals surface area contributed by atoms with Crippen LogP contribution in [0, 0.1) is 6.92 Å². The van der Waals surface area contributed by atoms with Crippen molar-refractivity contribution in [3.05, 3.63) is 54.0 Å². The second kappa shape index (κ2) is 7.87. The summed E-state index contributed by atoms with van der Waals surface area (Å²) in [6, 6.07) is 11.4. The van der Waals surface area contributed by atoms with Gasteiger partial charge in [0.05, 0.1) is 6.26 Å². The van der Waals surface area contributed by atoms with Crippen molar-refractivity contribution in [2.45, 2.75) is 13.3 Å². The Morgan fingerprint density at radius 2 is 2.05 bits per heavy atom. The molecule has 2 aromatic rings. The van der Waals surface area contributed by atoms with Crippen LogP contribution < -0.4 is 16.4 Å². The zero-order valence-electron chi connectivity index (χ0n) is 12.5. The first-order valence-electron chi connectivity index (χ1n) is 7.11. The summed E-state index contributed by atoms with van der Waals surface area (Å²) in [7, 11) is 0. The number of rotatable bonds is 6. The number of aliphatic imine (C=N–C) groups is 1. The van der Waals surface area contributed by atoms with E-state index >= 15 is 0 Å². The van der Waals surface area contributed by atoms with Crippen LogP contribution in [0.1, 0.15) is 22.5 Å². The van der Waals surface area contributed by atoms with E-state index in [0.29, 0.717) is 31.2 Å². The van der Waals surface area contributed by atoms with Crippen LogP contribution in [0.15, 0.2) is 52.1 Å². The van der Waals surface area contributed by atoms with E-state index in [0.717, 1.165) is 11.3 Å². The van der Waals surface area contributed by atoms with Crippen molar-refractivity contribution < 1.29 is 9.21 Å². The third kappa shape index (κ3) is 4.66. The third-order valence-corrected chi connectivity index (χ3v) is 3.02. The van der Waals surface area contributed by atoms with E-state index in [1.165, 1.54) is 6.26 Å². The van der Waals surface area contributed by atoms with E-state index in [9.17, 15) is 4.79 Å². The third-order valence-electron chi connectivity index (χ3n) is 3.02. The molecule has 2 rings (SSSR count). The van der Waals surface area contributed by atoms with Gasteiger partial charge in [-0.05, 0) is 31.5 Å². The second-order valence-electron chi connectivity index (χ2n) is 4.80. The normalized spacial score (nSPS) is 11.2. The molecular weight excluding hydrogens is 280 g/mol. The van der Waals surface area contributed by atoms with E-state index in [2.05, 4.69) is 15.6 Å².